The van der Waals surface area contributed by atoms with E-state index in [-0.39, 0.29) is 0 Å². The lowest BCUT2D eigenvalue weighted by molar-refractivity contribution is 0.500. The van der Waals surface area contributed by atoms with Crippen LogP contribution in [0, 0.1) is 0 Å². The number of nitrogens with one attached hydrogen (secondary N) is 2. The van der Waals surface area contributed by atoms with Crippen LogP contribution in [-0.4, -0.2) is 18.6 Å². The summed E-state index contributed by atoms with van der Waals surface area (Å²) in [5.41, 5.74) is 1.09. The number of rotatable bonds is 6. The molecule has 1 unspecified atom stereocenters. The summed E-state index contributed by atoms with van der Waals surface area (Å²) in [4.78, 5) is 0. The molecule has 0 aromatic carbocycles. The largest absolute Gasteiger partial charge is 0.312 e. The van der Waals surface area contributed by atoms with Gasteiger partial charge < -0.3 is 10.6 Å². The van der Waals surface area contributed by atoms with E-state index in [9.17, 15) is 0 Å². The Balaban J connectivity index is 1.70. The molecule has 0 amide bonds. The highest BCUT2D eigenvalue weighted by Crippen LogP contribution is 2.30. The van der Waals surface area contributed by atoms with Crippen molar-refractivity contribution in [3.63, 3.8) is 0 Å². The molecule has 1 saturated carbocycles. The average Bonchev–Trinajstić information content (AvgIpc) is 2.99. The standard InChI is InChI=1S/C11H16Cl2N2S/c1-7(5-15-9-2-3-9)14-6-8-4-10(12)16-11(8)13/h4,7,9,14-15H,2-3,5-6H2,1H3. The Morgan fingerprint density at radius 3 is 2.81 bits per heavy atom. The zero-order chi connectivity index (χ0) is 11.5. The van der Waals surface area contributed by atoms with Gasteiger partial charge in [-0.25, -0.2) is 0 Å². The van der Waals surface area contributed by atoms with Crippen LogP contribution in [0.5, 0.6) is 0 Å². The molecule has 90 valence electrons. The zero-order valence-electron chi connectivity index (χ0n) is 9.22. The fourth-order valence-electron chi connectivity index (χ4n) is 1.48. The van der Waals surface area contributed by atoms with Crippen molar-refractivity contribution in [2.24, 2.45) is 0 Å². The molecule has 2 nitrogen and oxygen atoms in total. The average molecular weight is 279 g/mol. The summed E-state index contributed by atoms with van der Waals surface area (Å²) in [7, 11) is 0. The minimum Gasteiger partial charge on any atom is -0.312 e. The third-order valence-corrected chi connectivity index (χ3v) is 4.23. The van der Waals surface area contributed by atoms with Crippen molar-refractivity contribution in [1.82, 2.24) is 10.6 Å². The van der Waals surface area contributed by atoms with Crippen LogP contribution in [0.25, 0.3) is 0 Å². The lowest BCUT2D eigenvalue weighted by Gasteiger charge is -2.14. The molecule has 1 aromatic heterocycles. The van der Waals surface area contributed by atoms with Crippen LogP contribution in [-0.2, 0) is 6.54 Å². The molecule has 0 radical (unpaired) electrons. The molecule has 1 aliphatic carbocycles. The van der Waals surface area contributed by atoms with Crippen molar-refractivity contribution in [2.75, 3.05) is 6.54 Å². The van der Waals surface area contributed by atoms with Crippen LogP contribution >= 0.6 is 34.5 Å². The molecule has 5 heteroatoms. The Kier molecular flexibility index (Phi) is 4.50. The summed E-state index contributed by atoms with van der Waals surface area (Å²) in [6.07, 6.45) is 2.66. The van der Waals surface area contributed by atoms with E-state index < -0.39 is 0 Å². The van der Waals surface area contributed by atoms with Crippen LogP contribution < -0.4 is 10.6 Å². The monoisotopic (exact) mass is 278 g/mol. The van der Waals surface area contributed by atoms with Gasteiger partial charge in [-0.05, 0) is 31.4 Å². The Labute approximate surface area is 110 Å². The van der Waals surface area contributed by atoms with Crippen molar-refractivity contribution in [2.45, 2.75) is 38.4 Å². The molecule has 16 heavy (non-hydrogen) atoms. The highest BCUT2D eigenvalue weighted by Gasteiger charge is 2.20. The van der Waals surface area contributed by atoms with Gasteiger partial charge in [0.05, 0.1) is 8.67 Å². The van der Waals surface area contributed by atoms with E-state index in [1.807, 2.05) is 6.07 Å². The lowest BCUT2D eigenvalue weighted by Crippen LogP contribution is -2.36. The van der Waals surface area contributed by atoms with E-state index in [1.165, 1.54) is 24.2 Å². The van der Waals surface area contributed by atoms with E-state index in [1.54, 1.807) is 0 Å². The number of halogens is 2. The number of thiophene rings is 1. The van der Waals surface area contributed by atoms with Crippen LogP contribution in [0.4, 0.5) is 0 Å². The van der Waals surface area contributed by atoms with Crippen molar-refractivity contribution in [3.05, 3.63) is 20.3 Å². The fourth-order valence-corrected chi connectivity index (χ4v) is 2.97. The summed E-state index contributed by atoms with van der Waals surface area (Å²) in [6, 6.07) is 3.15. The second-order valence-corrected chi connectivity index (χ2v) is 6.60. The van der Waals surface area contributed by atoms with E-state index in [0.717, 1.165) is 33.4 Å². The lowest BCUT2D eigenvalue weighted by atomic mass is 10.3. The molecule has 1 heterocycles. The number of hydrogen-bond acceptors (Lipinski definition) is 3. The predicted molar refractivity (Wildman–Crippen MR) is 71.7 cm³/mol. The third-order valence-electron chi connectivity index (χ3n) is 2.66. The molecule has 0 bridgehead atoms. The minimum absolute atomic E-state index is 0.454. The van der Waals surface area contributed by atoms with Gasteiger partial charge in [0.1, 0.15) is 0 Å². The topological polar surface area (TPSA) is 24.1 Å². The van der Waals surface area contributed by atoms with E-state index >= 15 is 0 Å². The van der Waals surface area contributed by atoms with Gasteiger partial charge in [-0.15, -0.1) is 11.3 Å². The molecular formula is C11H16Cl2N2S. The number of hydrogen-bond donors (Lipinski definition) is 2. The molecule has 1 fully saturated rings. The van der Waals surface area contributed by atoms with Gasteiger partial charge in [0.2, 0.25) is 0 Å². The normalized spacial score (nSPS) is 17.7. The van der Waals surface area contributed by atoms with Crippen molar-refractivity contribution in [3.8, 4) is 0 Å². The Hall–Kier alpha value is 0.200. The maximum absolute atomic E-state index is 6.04. The molecule has 0 spiro atoms. The van der Waals surface area contributed by atoms with Gasteiger partial charge >= 0.3 is 0 Å². The molecule has 0 aliphatic heterocycles. The summed E-state index contributed by atoms with van der Waals surface area (Å²) >= 11 is 13.4. The Morgan fingerprint density at radius 1 is 1.50 bits per heavy atom. The SMILES string of the molecule is CC(CNC1CC1)NCc1cc(Cl)sc1Cl. The first-order valence-corrected chi connectivity index (χ1v) is 7.13. The van der Waals surface area contributed by atoms with Gasteiger partial charge in [-0.3, -0.25) is 0 Å². The predicted octanol–water partition coefficient (Wildman–Crippen LogP) is 3.29. The molecular weight excluding hydrogens is 263 g/mol. The van der Waals surface area contributed by atoms with Crippen LogP contribution in [0.3, 0.4) is 0 Å². The molecule has 1 aromatic rings. The van der Waals surface area contributed by atoms with Crippen molar-refractivity contribution < 1.29 is 0 Å². The molecule has 2 rings (SSSR count). The summed E-state index contributed by atoms with van der Waals surface area (Å²) in [6.45, 7) is 3.98. The minimum atomic E-state index is 0.454. The first-order valence-electron chi connectivity index (χ1n) is 5.55. The van der Waals surface area contributed by atoms with Gasteiger partial charge in [0, 0.05) is 25.2 Å². The van der Waals surface area contributed by atoms with E-state index in [4.69, 9.17) is 23.2 Å². The zero-order valence-corrected chi connectivity index (χ0v) is 11.6. The summed E-state index contributed by atoms with van der Waals surface area (Å²) in [5, 5.41) is 6.93. The Morgan fingerprint density at radius 2 is 2.25 bits per heavy atom. The highest BCUT2D eigenvalue weighted by atomic mass is 35.5. The molecule has 1 atom stereocenters. The maximum atomic E-state index is 6.04. The first kappa shape index (κ1) is 12.7. The quantitative estimate of drug-likeness (QED) is 0.835. The van der Waals surface area contributed by atoms with Crippen molar-refractivity contribution in [1.29, 1.82) is 0 Å². The smallest absolute Gasteiger partial charge is 0.0989 e. The molecule has 1 aliphatic rings. The maximum Gasteiger partial charge on any atom is 0.0989 e. The fraction of sp³-hybridized carbons (Fsp3) is 0.636. The summed E-state index contributed by atoms with van der Waals surface area (Å²) in [5.74, 6) is 0. The van der Waals surface area contributed by atoms with E-state index in [0.29, 0.717) is 6.04 Å². The summed E-state index contributed by atoms with van der Waals surface area (Å²) < 4.78 is 1.55. The van der Waals surface area contributed by atoms with Crippen LogP contribution in [0.15, 0.2) is 6.07 Å². The van der Waals surface area contributed by atoms with Gasteiger partial charge in [0.15, 0.2) is 0 Å². The third kappa shape index (κ3) is 3.90. The highest BCUT2D eigenvalue weighted by molar-refractivity contribution is 7.20. The molecule has 0 saturated heterocycles. The Bertz CT molecular complexity index is 350. The van der Waals surface area contributed by atoms with E-state index in [2.05, 4.69) is 17.6 Å². The van der Waals surface area contributed by atoms with Gasteiger partial charge in [-0.2, -0.15) is 0 Å². The van der Waals surface area contributed by atoms with Gasteiger partial charge in [-0.1, -0.05) is 23.2 Å². The molecule has 2 N–H and O–H groups in total. The van der Waals surface area contributed by atoms with Crippen molar-refractivity contribution >= 4 is 34.5 Å². The second-order valence-electron chi connectivity index (χ2n) is 4.31. The van der Waals surface area contributed by atoms with Crippen LogP contribution in [0.1, 0.15) is 25.3 Å². The first-order chi connectivity index (χ1) is 7.65. The van der Waals surface area contributed by atoms with Crippen LogP contribution in [0.2, 0.25) is 8.67 Å². The van der Waals surface area contributed by atoms with Gasteiger partial charge in [0.25, 0.3) is 0 Å². The second kappa shape index (κ2) is 5.69.